The van der Waals surface area contributed by atoms with Gasteiger partial charge < -0.3 is 8.98 Å². The van der Waals surface area contributed by atoms with Crippen LogP contribution in [0.5, 0.6) is 0 Å². The first-order chi connectivity index (χ1) is 21.5. The van der Waals surface area contributed by atoms with Gasteiger partial charge in [0.25, 0.3) is 0 Å². The Kier molecular flexibility index (Phi) is 6.20. The molecule has 2 heterocycles. The van der Waals surface area contributed by atoms with Gasteiger partial charge in [-0.3, -0.25) is 0 Å². The summed E-state index contributed by atoms with van der Waals surface area (Å²) in [5, 5.41) is 4.87. The minimum atomic E-state index is 0.338. The maximum atomic E-state index is 6.93. The Morgan fingerprint density at radius 2 is 1.09 bits per heavy atom. The maximum Gasteiger partial charge on any atom is 0.143 e. The monoisotopic (exact) mass is 569 g/mol. The first kappa shape index (κ1) is 26.5. The van der Waals surface area contributed by atoms with Crippen molar-refractivity contribution in [2.75, 3.05) is 0 Å². The van der Waals surface area contributed by atoms with E-state index >= 15 is 0 Å². The third kappa shape index (κ3) is 4.09. The van der Waals surface area contributed by atoms with Crippen LogP contribution in [0, 0.1) is 0 Å². The number of nitrogens with zero attached hydrogens (tertiary/aromatic N) is 1. The molecule has 0 atom stereocenters. The van der Waals surface area contributed by atoms with Crippen LogP contribution in [0.25, 0.3) is 77.1 Å². The van der Waals surface area contributed by atoms with E-state index in [1.54, 1.807) is 0 Å². The third-order valence-electron chi connectivity index (χ3n) is 9.12. The van der Waals surface area contributed by atoms with Crippen LogP contribution in [0.3, 0.4) is 0 Å². The highest BCUT2D eigenvalue weighted by Gasteiger charge is 2.21. The molecule has 0 aliphatic carbocycles. The van der Waals surface area contributed by atoms with Crippen molar-refractivity contribution in [3.05, 3.63) is 133 Å². The van der Waals surface area contributed by atoms with Crippen molar-refractivity contribution in [2.45, 2.75) is 39.7 Å². The molecule has 0 saturated heterocycles. The maximum absolute atomic E-state index is 6.93. The van der Waals surface area contributed by atoms with E-state index in [9.17, 15) is 0 Å². The molecular weight excluding hydrogens is 534 g/mol. The van der Waals surface area contributed by atoms with Crippen molar-refractivity contribution in [2.24, 2.45) is 0 Å². The Bertz CT molecular complexity index is 2320. The second-order valence-corrected chi connectivity index (χ2v) is 12.5. The highest BCUT2D eigenvalue weighted by atomic mass is 16.3. The summed E-state index contributed by atoms with van der Waals surface area (Å²) in [6, 6.07) is 46.6. The standard InChI is InChI=1S/C42H35NO/c1-26(2)32-20-21-35-34-17-11-16-33(29-14-9-6-10-15-29)41(34)44-42(35)40(32)31-19-23-39-37(25-31)36-24-30(28-12-7-5-8-13-28)18-22-38(36)43(39)27(3)4/h5-27H,1-4H3. The Morgan fingerprint density at radius 3 is 1.75 bits per heavy atom. The van der Waals surface area contributed by atoms with E-state index in [-0.39, 0.29) is 0 Å². The fourth-order valence-electron chi connectivity index (χ4n) is 7.08. The summed E-state index contributed by atoms with van der Waals surface area (Å²) < 4.78 is 9.40. The van der Waals surface area contributed by atoms with E-state index in [0.29, 0.717) is 12.0 Å². The topological polar surface area (TPSA) is 18.1 Å². The van der Waals surface area contributed by atoms with Gasteiger partial charge in [-0.05, 0) is 71.8 Å². The minimum absolute atomic E-state index is 0.338. The number of hydrogen-bond acceptors (Lipinski definition) is 1. The average molecular weight is 570 g/mol. The Balaban J connectivity index is 1.42. The van der Waals surface area contributed by atoms with Crippen LogP contribution in [0.15, 0.2) is 132 Å². The van der Waals surface area contributed by atoms with Gasteiger partial charge in [0, 0.05) is 49.7 Å². The quantitative estimate of drug-likeness (QED) is 0.202. The second kappa shape index (κ2) is 10.3. The van der Waals surface area contributed by atoms with Gasteiger partial charge in [-0.1, -0.05) is 117 Å². The normalized spacial score (nSPS) is 12.0. The summed E-state index contributed by atoms with van der Waals surface area (Å²) in [6.45, 7) is 9.10. The molecule has 0 amide bonds. The van der Waals surface area contributed by atoms with E-state index in [1.165, 1.54) is 55.2 Å². The lowest BCUT2D eigenvalue weighted by atomic mass is 9.90. The molecule has 2 nitrogen and oxygen atoms in total. The molecule has 0 fully saturated rings. The van der Waals surface area contributed by atoms with Gasteiger partial charge in [0.2, 0.25) is 0 Å². The zero-order valence-electron chi connectivity index (χ0n) is 25.6. The largest absolute Gasteiger partial charge is 0.455 e. The summed E-state index contributed by atoms with van der Waals surface area (Å²) in [5.41, 5.74) is 12.9. The lowest BCUT2D eigenvalue weighted by Crippen LogP contribution is -1.99. The van der Waals surface area contributed by atoms with Gasteiger partial charge >= 0.3 is 0 Å². The van der Waals surface area contributed by atoms with E-state index in [0.717, 1.165) is 27.5 Å². The van der Waals surface area contributed by atoms with Crippen LogP contribution in [0.1, 0.15) is 45.2 Å². The highest BCUT2D eigenvalue weighted by molar-refractivity contribution is 6.15. The number of fused-ring (bicyclic) bond motifs is 6. The minimum Gasteiger partial charge on any atom is -0.455 e. The first-order valence-corrected chi connectivity index (χ1v) is 15.7. The molecule has 0 saturated carbocycles. The van der Waals surface area contributed by atoms with Crippen LogP contribution >= 0.6 is 0 Å². The first-order valence-electron chi connectivity index (χ1n) is 15.7. The number of hydrogen-bond donors (Lipinski definition) is 0. The lowest BCUT2D eigenvalue weighted by Gasteiger charge is -2.15. The fraction of sp³-hybridized carbons (Fsp3) is 0.143. The van der Waals surface area contributed by atoms with Gasteiger partial charge in [0.15, 0.2) is 0 Å². The third-order valence-corrected chi connectivity index (χ3v) is 9.12. The summed E-state index contributed by atoms with van der Waals surface area (Å²) in [5.74, 6) is 0.341. The molecule has 2 heteroatoms. The van der Waals surface area contributed by atoms with Gasteiger partial charge in [0.1, 0.15) is 11.2 Å². The molecule has 214 valence electrons. The van der Waals surface area contributed by atoms with Crippen LogP contribution < -0.4 is 0 Å². The molecule has 8 aromatic rings. The zero-order chi connectivity index (χ0) is 29.9. The van der Waals surface area contributed by atoms with Crippen LogP contribution in [-0.2, 0) is 0 Å². The molecule has 6 aromatic carbocycles. The molecule has 0 aliphatic heterocycles. The summed E-state index contributed by atoms with van der Waals surface area (Å²) in [6.07, 6.45) is 0. The van der Waals surface area contributed by atoms with E-state index in [2.05, 4.69) is 160 Å². The number of benzene rings is 6. The van der Waals surface area contributed by atoms with E-state index < -0.39 is 0 Å². The number of rotatable bonds is 5. The van der Waals surface area contributed by atoms with E-state index in [4.69, 9.17) is 4.42 Å². The zero-order valence-corrected chi connectivity index (χ0v) is 25.6. The molecular formula is C42H35NO. The molecule has 0 bridgehead atoms. The lowest BCUT2D eigenvalue weighted by molar-refractivity contribution is 0.642. The number of aromatic nitrogens is 1. The fourth-order valence-corrected chi connectivity index (χ4v) is 7.08. The predicted molar refractivity (Wildman–Crippen MR) is 188 cm³/mol. The summed E-state index contributed by atoms with van der Waals surface area (Å²) in [4.78, 5) is 0. The van der Waals surface area contributed by atoms with Crippen molar-refractivity contribution in [3.63, 3.8) is 0 Å². The van der Waals surface area contributed by atoms with Crippen molar-refractivity contribution in [1.29, 1.82) is 0 Å². The molecule has 0 aliphatic rings. The molecule has 0 spiro atoms. The average Bonchev–Trinajstić information content (AvgIpc) is 3.60. The molecule has 0 radical (unpaired) electrons. The Hall–Kier alpha value is -5.08. The van der Waals surface area contributed by atoms with Crippen molar-refractivity contribution < 1.29 is 4.42 Å². The van der Waals surface area contributed by atoms with Crippen molar-refractivity contribution >= 4 is 43.7 Å². The Labute approximate surface area is 258 Å². The predicted octanol–water partition coefficient (Wildman–Crippen LogP) is 12.4. The number of furan rings is 1. The molecule has 44 heavy (non-hydrogen) atoms. The van der Waals surface area contributed by atoms with Crippen LogP contribution in [0.4, 0.5) is 0 Å². The second-order valence-electron chi connectivity index (χ2n) is 12.5. The van der Waals surface area contributed by atoms with Crippen LogP contribution in [0.2, 0.25) is 0 Å². The van der Waals surface area contributed by atoms with Crippen LogP contribution in [-0.4, -0.2) is 4.57 Å². The van der Waals surface area contributed by atoms with Gasteiger partial charge in [-0.2, -0.15) is 0 Å². The molecule has 2 aromatic heterocycles. The SMILES string of the molecule is CC(C)c1ccc2c(oc3c(-c4ccccc4)cccc32)c1-c1ccc2c(c1)c1cc(-c3ccccc3)ccc1n2C(C)C. The molecule has 8 rings (SSSR count). The van der Waals surface area contributed by atoms with E-state index in [1.807, 2.05) is 0 Å². The van der Waals surface area contributed by atoms with Crippen molar-refractivity contribution in [3.8, 4) is 33.4 Å². The number of para-hydroxylation sites is 1. The highest BCUT2D eigenvalue weighted by Crippen LogP contribution is 2.44. The van der Waals surface area contributed by atoms with Gasteiger partial charge in [-0.15, -0.1) is 0 Å². The molecule has 0 N–H and O–H groups in total. The van der Waals surface area contributed by atoms with Gasteiger partial charge in [0.05, 0.1) is 0 Å². The summed E-state index contributed by atoms with van der Waals surface area (Å²) >= 11 is 0. The van der Waals surface area contributed by atoms with Gasteiger partial charge in [-0.25, -0.2) is 0 Å². The van der Waals surface area contributed by atoms with Crippen molar-refractivity contribution in [1.82, 2.24) is 4.57 Å². The molecule has 0 unspecified atom stereocenters. The summed E-state index contributed by atoms with van der Waals surface area (Å²) in [7, 11) is 0. The smallest absolute Gasteiger partial charge is 0.143 e. The Morgan fingerprint density at radius 1 is 0.477 bits per heavy atom.